The van der Waals surface area contributed by atoms with E-state index >= 15 is 0 Å². The average molecular weight is 260 g/mol. The first-order chi connectivity index (χ1) is 9.25. The van der Waals surface area contributed by atoms with Gasteiger partial charge in [0.05, 0.1) is 6.04 Å². The van der Waals surface area contributed by atoms with E-state index in [4.69, 9.17) is 5.73 Å². The summed E-state index contributed by atoms with van der Waals surface area (Å²) in [5.74, 6) is 0.635. The SMILES string of the molecule is N[C@@H](Cc1ccccc1)C(=O)NCC1CCCCC1. The Balaban J connectivity index is 1.73. The van der Waals surface area contributed by atoms with Gasteiger partial charge in [0.15, 0.2) is 0 Å². The summed E-state index contributed by atoms with van der Waals surface area (Å²) in [5, 5.41) is 3.01. The van der Waals surface area contributed by atoms with Gasteiger partial charge in [-0.1, -0.05) is 49.6 Å². The number of nitrogens with two attached hydrogens (primary N) is 1. The van der Waals surface area contributed by atoms with Crippen molar-refractivity contribution >= 4 is 5.91 Å². The van der Waals surface area contributed by atoms with Gasteiger partial charge in [-0.2, -0.15) is 0 Å². The average Bonchev–Trinajstić information content (AvgIpc) is 2.47. The fraction of sp³-hybridized carbons (Fsp3) is 0.562. The molecule has 0 spiro atoms. The quantitative estimate of drug-likeness (QED) is 0.853. The van der Waals surface area contributed by atoms with Crippen molar-refractivity contribution in [1.29, 1.82) is 0 Å². The first kappa shape index (κ1) is 14.1. The van der Waals surface area contributed by atoms with Crippen molar-refractivity contribution in [3.8, 4) is 0 Å². The molecule has 1 aliphatic rings. The van der Waals surface area contributed by atoms with Gasteiger partial charge in [0, 0.05) is 6.54 Å². The minimum absolute atomic E-state index is 0.0190. The van der Waals surface area contributed by atoms with E-state index in [0.717, 1.165) is 12.1 Å². The lowest BCUT2D eigenvalue weighted by atomic mass is 9.89. The predicted octanol–water partition coefficient (Wildman–Crippen LogP) is 2.25. The first-order valence-corrected chi connectivity index (χ1v) is 7.33. The Morgan fingerprint density at radius 2 is 1.89 bits per heavy atom. The molecule has 1 aromatic carbocycles. The molecule has 1 amide bonds. The van der Waals surface area contributed by atoms with Gasteiger partial charge < -0.3 is 11.1 Å². The number of hydrogen-bond acceptors (Lipinski definition) is 2. The molecule has 1 fully saturated rings. The fourth-order valence-electron chi connectivity index (χ4n) is 2.73. The highest BCUT2D eigenvalue weighted by Crippen LogP contribution is 2.22. The van der Waals surface area contributed by atoms with Gasteiger partial charge in [-0.05, 0) is 30.7 Å². The predicted molar refractivity (Wildman–Crippen MR) is 77.7 cm³/mol. The first-order valence-electron chi connectivity index (χ1n) is 7.33. The van der Waals surface area contributed by atoms with E-state index in [2.05, 4.69) is 5.32 Å². The topological polar surface area (TPSA) is 55.1 Å². The Morgan fingerprint density at radius 1 is 1.21 bits per heavy atom. The smallest absolute Gasteiger partial charge is 0.237 e. The zero-order valence-electron chi connectivity index (χ0n) is 11.5. The third-order valence-corrected chi connectivity index (χ3v) is 3.92. The van der Waals surface area contributed by atoms with Crippen LogP contribution in [0.25, 0.3) is 0 Å². The van der Waals surface area contributed by atoms with Gasteiger partial charge in [-0.15, -0.1) is 0 Å². The minimum atomic E-state index is -0.439. The van der Waals surface area contributed by atoms with E-state index in [9.17, 15) is 4.79 Å². The molecule has 0 aliphatic heterocycles. The number of hydrogen-bond donors (Lipinski definition) is 2. The second-order valence-corrected chi connectivity index (χ2v) is 5.55. The summed E-state index contributed by atoms with van der Waals surface area (Å²) < 4.78 is 0. The Labute approximate surface area is 115 Å². The molecular formula is C16H24N2O. The number of carbonyl (C=O) groups excluding carboxylic acids is 1. The van der Waals surface area contributed by atoms with Crippen molar-refractivity contribution in [3.05, 3.63) is 35.9 Å². The molecule has 0 radical (unpaired) electrons. The normalized spacial score (nSPS) is 17.9. The van der Waals surface area contributed by atoms with E-state index in [1.807, 2.05) is 30.3 Å². The lowest BCUT2D eigenvalue weighted by Gasteiger charge is -2.22. The van der Waals surface area contributed by atoms with Crippen molar-refractivity contribution in [1.82, 2.24) is 5.32 Å². The van der Waals surface area contributed by atoms with Crippen LogP contribution in [-0.4, -0.2) is 18.5 Å². The highest BCUT2D eigenvalue weighted by Gasteiger charge is 2.17. The molecule has 1 aliphatic carbocycles. The molecule has 1 saturated carbocycles. The molecule has 3 nitrogen and oxygen atoms in total. The van der Waals surface area contributed by atoms with Crippen molar-refractivity contribution < 1.29 is 4.79 Å². The van der Waals surface area contributed by atoms with Crippen LogP contribution in [0.5, 0.6) is 0 Å². The maximum Gasteiger partial charge on any atom is 0.237 e. The van der Waals surface area contributed by atoms with Crippen LogP contribution in [0.15, 0.2) is 30.3 Å². The maximum absolute atomic E-state index is 12.0. The Morgan fingerprint density at radius 3 is 2.58 bits per heavy atom. The van der Waals surface area contributed by atoms with Crippen molar-refractivity contribution in [2.24, 2.45) is 11.7 Å². The molecule has 0 aromatic heterocycles. The Hall–Kier alpha value is -1.35. The highest BCUT2D eigenvalue weighted by atomic mass is 16.2. The van der Waals surface area contributed by atoms with Gasteiger partial charge in [0.25, 0.3) is 0 Å². The van der Waals surface area contributed by atoms with E-state index in [0.29, 0.717) is 12.3 Å². The molecule has 3 heteroatoms. The van der Waals surface area contributed by atoms with Crippen molar-refractivity contribution in [2.75, 3.05) is 6.54 Å². The maximum atomic E-state index is 12.0. The molecule has 0 unspecified atom stereocenters. The van der Waals surface area contributed by atoms with Crippen LogP contribution in [0, 0.1) is 5.92 Å². The fourth-order valence-corrected chi connectivity index (χ4v) is 2.73. The molecule has 0 bridgehead atoms. The molecule has 2 rings (SSSR count). The second kappa shape index (κ2) is 7.29. The Bertz CT molecular complexity index is 385. The molecule has 1 aromatic rings. The number of rotatable bonds is 5. The van der Waals surface area contributed by atoms with E-state index in [1.54, 1.807) is 0 Å². The summed E-state index contributed by atoms with van der Waals surface area (Å²) >= 11 is 0. The van der Waals surface area contributed by atoms with Crippen LogP contribution in [0.4, 0.5) is 0 Å². The summed E-state index contributed by atoms with van der Waals surface area (Å²) in [5.41, 5.74) is 7.07. The second-order valence-electron chi connectivity index (χ2n) is 5.55. The summed E-state index contributed by atoms with van der Waals surface area (Å²) in [6.07, 6.45) is 7.05. The summed E-state index contributed by atoms with van der Waals surface area (Å²) in [7, 11) is 0. The summed E-state index contributed by atoms with van der Waals surface area (Å²) in [4.78, 5) is 12.0. The lowest BCUT2D eigenvalue weighted by Crippen LogP contribution is -2.43. The van der Waals surface area contributed by atoms with Crippen molar-refractivity contribution in [2.45, 2.75) is 44.6 Å². The van der Waals surface area contributed by atoms with E-state index in [-0.39, 0.29) is 5.91 Å². The molecule has 3 N–H and O–H groups in total. The molecule has 1 atom stereocenters. The lowest BCUT2D eigenvalue weighted by molar-refractivity contribution is -0.122. The van der Waals surface area contributed by atoms with Gasteiger partial charge in [-0.3, -0.25) is 4.79 Å². The van der Waals surface area contributed by atoms with Crippen LogP contribution in [0.2, 0.25) is 0 Å². The van der Waals surface area contributed by atoms with Crippen LogP contribution in [-0.2, 0) is 11.2 Å². The zero-order chi connectivity index (χ0) is 13.5. The molecule has 19 heavy (non-hydrogen) atoms. The van der Waals surface area contributed by atoms with Crippen LogP contribution >= 0.6 is 0 Å². The third-order valence-electron chi connectivity index (χ3n) is 3.92. The monoisotopic (exact) mass is 260 g/mol. The van der Waals surface area contributed by atoms with Crippen molar-refractivity contribution in [3.63, 3.8) is 0 Å². The summed E-state index contributed by atoms with van der Waals surface area (Å²) in [6.45, 7) is 0.793. The highest BCUT2D eigenvalue weighted by molar-refractivity contribution is 5.81. The van der Waals surface area contributed by atoms with E-state index in [1.165, 1.54) is 32.1 Å². The number of amides is 1. The largest absolute Gasteiger partial charge is 0.354 e. The van der Waals surface area contributed by atoms with E-state index < -0.39 is 6.04 Å². The van der Waals surface area contributed by atoms with Gasteiger partial charge in [0.2, 0.25) is 5.91 Å². The number of carbonyl (C=O) groups is 1. The summed E-state index contributed by atoms with van der Waals surface area (Å²) in [6, 6.07) is 9.50. The number of benzene rings is 1. The molecule has 104 valence electrons. The Kier molecular flexibility index (Phi) is 5.40. The van der Waals surface area contributed by atoms with Gasteiger partial charge >= 0.3 is 0 Å². The van der Waals surface area contributed by atoms with Crippen LogP contribution in [0.3, 0.4) is 0 Å². The third kappa shape index (κ3) is 4.67. The number of nitrogens with one attached hydrogen (secondary N) is 1. The molecule has 0 saturated heterocycles. The van der Waals surface area contributed by atoms with Gasteiger partial charge in [-0.25, -0.2) is 0 Å². The van der Waals surface area contributed by atoms with Crippen LogP contribution in [0.1, 0.15) is 37.7 Å². The van der Waals surface area contributed by atoms with Gasteiger partial charge in [0.1, 0.15) is 0 Å². The standard InChI is InChI=1S/C16H24N2O/c17-15(11-13-7-3-1-4-8-13)16(19)18-12-14-9-5-2-6-10-14/h1,3-4,7-8,14-15H,2,5-6,9-12,17H2,(H,18,19)/t15-/m0/s1. The van der Waals surface area contributed by atoms with Crippen LogP contribution < -0.4 is 11.1 Å². The molecular weight excluding hydrogens is 236 g/mol. The molecule has 0 heterocycles. The minimum Gasteiger partial charge on any atom is -0.354 e. The zero-order valence-corrected chi connectivity index (χ0v) is 11.5.